The lowest BCUT2D eigenvalue weighted by atomic mass is 10.1. The third-order valence-corrected chi connectivity index (χ3v) is 3.64. The van der Waals surface area contributed by atoms with Crippen molar-refractivity contribution < 1.29 is 4.74 Å². The van der Waals surface area contributed by atoms with Gasteiger partial charge in [0.2, 0.25) is 5.95 Å². The predicted molar refractivity (Wildman–Crippen MR) is 83.8 cm³/mol. The van der Waals surface area contributed by atoms with Crippen molar-refractivity contribution in [1.29, 1.82) is 0 Å². The number of H-pyrrole nitrogens is 1. The van der Waals surface area contributed by atoms with Crippen molar-refractivity contribution in [3.05, 3.63) is 57.5 Å². The summed E-state index contributed by atoms with van der Waals surface area (Å²) in [5.41, 5.74) is 1.04. The highest BCUT2D eigenvalue weighted by Gasteiger charge is 2.07. The Morgan fingerprint density at radius 2 is 2.09 bits per heavy atom. The number of rotatable bonds is 5. The minimum absolute atomic E-state index is 0.273. The molecule has 0 fully saturated rings. The zero-order valence-electron chi connectivity index (χ0n) is 11.7. The molecule has 7 nitrogen and oxygen atoms in total. The topological polar surface area (TPSA) is 92.8 Å². The van der Waals surface area contributed by atoms with Crippen LogP contribution in [0.4, 0.5) is 11.1 Å². The predicted octanol–water partition coefficient (Wildman–Crippen LogP) is 1.96. The first kappa shape index (κ1) is 14.2. The normalized spacial score (nSPS) is 10.4. The lowest BCUT2D eigenvalue weighted by Gasteiger charge is -2.04. The Bertz CT molecular complexity index is 799. The molecule has 0 spiro atoms. The van der Waals surface area contributed by atoms with Crippen molar-refractivity contribution in [3.8, 4) is 5.75 Å². The van der Waals surface area contributed by atoms with Crippen molar-refractivity contribution in [2.75, 3.05) is 12.4 Å². The molecule has 0 aliphatic rings. The molecule has 22 heavy (non-hydrogen) atoms. The molecule has 3 rings (SSSR count). The van der Waals surface area contributed by atoms with E-state index in [4.69, 9.17) is 4.74 Å². The fourth-order valence-electron chi connectivity index (χ4n) is 1.86. The van der Waals surface area contributed by atoms with E-state index >= 15 is 0 Å². The summed E-state index contributed by atoms with van der Waals surface area (Å²) in [7, 11) is 1.61. The summed E-state index contributed by atoms with van der Waals surface area (Å²) in [5, 5.41) is 13.3. The molecule has 2 heterocycles. The van der Waals surface area contributed by atoms with Gasteiger partial charge in [0.1, 0.15) is 11.4 Å². The summed E-state index contributed by atoms with van der Waals surface area (Å²) in [6.07, 6.45) is 2.07. The van der Waals surface area contributed by atoms with E-state index in [1.54, 1.807) is 13.3 Å². The van der Waals surface area contributed by atoms with Crippen LogP contribution in [-0.2, 0) is 6.42 Å². The number of hydrogen-bond donors (Lipinski definition) is 2. The summed E-state index contributed by atoms with van der Waals surface area (Å²) in [6.45, 7) is 0. The highest BCUT2D eigenvalue weighted by Crippen LogP contribution is 2.15. The number of methoxy groups -OCH3 is 1. The molecule has 0 amide bonds. The van der Waals surface area contributed by atoms with E-state index in [9.17, 15) is 4.79 Å². The Balaban J connectivity index is 1.75. The van der Waals surface area contributed by atoms with Crippen molar-refractivity contribution in [2.45, 2.75) is 6.42 Å². The average Bonchev–Trinajstić information content (AvgIpc) is 3.04. The van der Waals surface area contributed by atoms with Crippen LogP contribution in [0, 0.1) is 0 Å². The standard InChI is InChI=1S/C14H13N5O2S/c1-21-10-4-2-9(3-5-10)8-11-12(20)16-13(19-18-11)17-14-15-6-7-22-14/h2-7H,8H2,1H3,(H2,15,16,17,19,20). The Hall–Kier alpha value is -2.74. The van der Waals surface area contributed by atoms with Gasteiger partial charge in [0.25, 0.3) is 5.56 Å². The van der Waals surface area contributed by atoms with Gasteiger partial charge >= 0.3 is 0 Å². The number of nitrogens with zero attached hydrogens (tertiary/aromatic N) is 3. The molecule has 0 aliphatic carbocycles. The maximum Gasteiger partial charge on any atom is 0.274 e. The molecule has 3 aromatic rings. The minimum Gasteiger partial charge on any atom is -0.497 e. The minimum atomic E-state index is -0.273. The zero-order chi connectivity index (χ0) is 15.4. The Kier molecular flexibility index (Phi) is 4.10. The summed E-state index contributed by atoms with van der Waals surface area (Å²) >= 11 is 1.41. The van der Waals surface area contributed by atoms with E-state index in [0.29, 0.717) is 17.2 Å². The smallest absolute Gasteiger partial charge is 0.274 e. The maximum atomic E-state index is 12.1. The van der Waals surface area contributed by atoms with Crippen LogP contribution in [0.2, 0.25) is 0 Å². The number of hydrogen-bond acceptors (Lipinski definition) is 7. The summed E-state index contributed by atoms with van der Waals surface area (Å²) in [4.78, 5) is 18.8. The second kappa shape index (κ2) is 6.35. The zero-order valence-corrected chi connectivity index (χ0v) is 12.6. The molecule has 2 aromatic heterocycles. The lowest BCUT2D eigenvalue weighted by molar-refractivity contribution is 0.414. The van der Waals surface area contributed by atoms with Crippen molar-refractivity contribution in [3.63, 3.8) is 0 Å². The molecule has 112 valence electrons. The van der Waals surface area contributed by atoms with E-state index in [1.807, 2.05) is 29.6 Å². The van der Waals surface area contributed by atoms with Crippen LogP contribution in [0.1, 0.15) is 11.3 Å². The molecule has 0 radical (unpaired) electrons. The highest BCUT2D eigenvalue weighted by atomic mass is 32.1. The monoisotopic (exact) mass is 315 g/mol. The van der Waals surface area contributed by atoms with Gasteiger partial charge in [0, 0.05) is 18.0 Å². The SMILES string of the molecule is COc1ccc(Cc2nnc(Nc3nccs3)[nH]c2=O)cc1. The molecule has 0 aliphatic heterocycles. The first-order valence-electron chi connectivity index (χ1n) is 6.50. The molecule has 0 atom stereocenters. The molecule has 2 N–H and O–H groups in total. The Morgan fingerprint density at radius 3 is 2.73 bits per heavy atom. The van der Waals surface area contributed by atoms with E-state index in [-0.39, 0.29) is 11.5 Å². The fourth-order valence-corrected chi connectivity index (χ4v) is 2.38. The highest BCUT2D eigenvalue weighted by molar-refractivity contribution is 7.13. The van der Waals surface area contributed by atoms with Gasteiger partial charge in [0.05, 0.1) is 7.11 Å². The number of aromatic amines is 1. The molecule has 0 bridgehead atoms. The molecular weight excluding hydrogens is 302 g/mol. The molecule has 0 unspecified atom stereocenters. The number of anilines is 2. The van der Waals surface area contributed by atoms with Crippen LogP contribution < -0.4 is 15.6 Å². The van der Waals surface area contributed by atoms with Gasteiger partial charge in [-0.25, -0.2) is 4.98 Å². The van der Waals surface area contributed by atoms with E-state index < -0.39 is 0 Å². The van der Waals surface area contributed by atoms with Crippen LogP contribution in [0.5, 0.6) is 5.75 Å². The van der Waals surface area contributed by atoms with Crippen molar-refractivity contribution >= 4 is 22.4 Å². The second-order valence-electron chi connectivity index (χ2n) is 4.44. The molecule has 1 aromatic carbocycles. The van der Waals surface area contributed by atoms with Crippen LogP contribution in [0.25, 0.3) is 0 Å². The van der Waals surface area contributed by atoms with E-state index in [2.05, 4.69) is 25.5 Å². The number of thiazole rings is 1. The number of aromatic nitrogens is 4. The third-order valence-electron chi connectivity index (χ3n) is 2.95. The third kappa shape index (κ3) is 3.29. The van der Waals surface area contributed by atoms with Gasteiger partial charge in [-0.05, 0) is 17.7 Å². The van der Waals surface area contributed by atoms with Gasteiger partial charge < -0.3 is 10.1 Å². The maximum absolute atomic E-state index is 12.1. The van der Waals surface area contributed by atoms with Gasteiger partial charge in [-0.1, -0.05) is 12.1 Å². The fraction of sp³-hybridized carbons (Fsp3) is 0.143. The van der Waals surface area contributed by atoms with Crippen LogP contribution in [0.3, 0.4) is 0 Å². The Labute approximate surface area is 130 Å². The first-order valence-corrected chi connectivity index (χ1v) is 7.38. The largest absolute Gasteiger partial charge is 0.497 e. The molecule has 0 saturated carbocycles. The summed E-state index contributed by atoms with van der Waals surface area (Å²) in [5.74, 6) is 1.05. The Morgan fingerprint density at radius 1 is 1.27 bits per heavy atom. The van der Waals surface area contributed by atoms with E-state index in [0.717, 1.165) is 11.3 Å². The van der Waals surface area contributed by atoms with Crippen molar-refractivity contribution in [1.82, 2.24) is 20.2 Å². The number of nitrogens with one attached hydrogen (secondary N) is 2. The van der Waals surface area contributed by atoms with Gasteiger partial charge in [0.15, 0.2) is 5.13 Å². The number of ether oxygens (including phenoxy) is 1. The molecular formula is C14H13N5O2S. The first-order chi connectivity index (χ1) is 10.7. The molecule has 8 heteroatoms. The van der Waals surface area contributed by atoms with Crippen LogP contribution >= 0.6 is 11.3 Å². The second-order valence-corrected chi connectivity index (χ2v) is 5.33. The van der Waals surface area contributed by atoms with Crippen LogP contribution in [-0.4, -0.2) is 27.3 Å². The van der Waals surface area contributed by atoms with E-state index in [1.165, 1.54) is 11.3 Å². The summed E-state index contributed by atoms with van der Waals surface area (Å²) < 4.78 is 5.10. The van der Waals surface area contributed by atoms with Gasteiger partial charge in [-0.3, -0.25) is 9.78 Å². The number of benzene rings is 1. The summed E-state index contributed by atoms with van der Waals surface area (Å²) in [6, 6.07) is 7.47. The van der Waals surface area contributed by atoms with Crippen LogP contribution in [0.15, 0.2) is 40.6 Å². The van der Waals surface area contributed by atoms with Crippen molar-refractivity contribution in [2.24, 2.45) is 0 Å². The molecule has 0 saturated heterocycles. The average molecular weight is 315 g/mol. The van der Waals surface area contributed by atoms with Gasteiger partial charge in [-0.2, -0.15) is 0 Å². The quantitative estimate of drug-likeness (QED) is 0.747. The van der Waals surface area contributed by atoms with Gasteiger partial charge in [-0.15, -0.1) is 21.5 Å². The lowest BCUT2D eigenvalue weighted by Crippen LogP contribution is -2.18.